The SMILES string of the molecule is CC1CCC(C(=O)O)C(N(C)CCCN(C)C)C1. The molecular formula is C14H28N2O2. The summed E-state index contributed by atoms with van der Waals surface area (Å²) in [5, 5.41) is 9.32. The molecule has 0 heterocycles. The van der Waals surface area contributed by atoms with Crippen LogP contribution in [0.4, 0.5) is 0 Å². The average Bonchev–Trinajstić information content (AvgIpc) is 2.27. The third kappa shape index (κ3) is 4.58. The lowest BCUT2D eigenvalue weighted by molar-refractivity contribution is -0.145. The summed E-state index contributed by atoms with van der Waals surface area (Å²) in [5.41, 5.74) is 0. The normalized spacial score (nSPS) is 28.9. The number of carboxylic acid groups (broad SMARTS) is 1. The Morgan fingerprint density at radius 3 is 2.44 bits per heavy atom. The van der Waals surface area contributed by atoms with Crippen molar-refractivity contribution in [2.24, 2.45) is 11.8 Å². The quantitative estimate of drug-likeness (QED) is 0.786. The molecule has 0 amide bonds. The number of rotatable bonds is 6. The molecule has 0 saturated heterocycles. The zero-order chi connectivity index (χ0) is 13.7. The van der Waals surface area contributed by atoms with Crippen LogP contribution in [-0.4, -0.2) is 61.2 Å². The number of hydrogen-bond acceptors (Lipinski definition) is 3. The van der Waals surface area contributed by atoms with Crippen LogP contribution in [0.25, 0.3) is 0 Å². The van der Waals surface area contributed by atoms with Crippen molar-refractivity contribution in [2.45, 2.75) is 38.6 Å². The topological polar surface area (TPSA) is 43.8 Å². The van der Waals surface area contributed by atoms with E-state index in [1.54, 1.807) is 0 Å². The standard InChI is InChI=1S/C14H28N2O2/c1-11-6-7-12(14(17)18)13(10-11)16(4)9-5-8-15(2)3/h11-13H,5-10H2,1-4H3,(H,17,18). The largest absolute Gasteiger partial charge is 0.481 e. The summed E-state index contributed by atoms with van der Waals surface area (Å²) in [6, 6.07) is 0.216. The summed E-state index contributed by atoms with van der Waals surface area (Å²) < 4.78 is 0. The summed E-state index contributed by atoms with van der Waals surface area (Å²) in [6.07, 6.45) is 4.01. The van der Waals surface area contributed by atoms with Crippen LogP contribution >= 0.6 is 0 Å². The van der Waals surface area contributed by atoms with Crippen LogP contribution in [0.1, 0.15) is 32.6 Å². The molecule has 1 N–H and O–H groups in total. The van der Waals surface area contributed by atoms with E-state index in [0.29, 0.717) is 5.92 Å². The van der Waals surface area contributed by atoms with E-state index in [4.69, 9.17) is 0 Å². The number of carbonyl (C=O) groups is 1. The van der Waals surface area contributed by atoms with Gasteiger partial charge in [-0.2, -0.15) is 0 Å². The second-order valence-electron chi connectivity index (χ2n) is 6.07. The van der Waals surface area contributed by atoms with Crippen molar-refractivity contribution >= 4 is 5.97 Å². The molecule has 4 nitrogen and oxygen atoms in total. The molecule has 18 heavy (non-hydrogen) atoms. The molecule has 0 aromatic rings. The van der Waals surface area contributed by atoms with Crippen molar-refractivity contribution in [3.05, 3.63) is 0 Å². The van der Waals surface area contributed by atoms with Gasteiger partial charge in [0.2, 0.25) is 0 Å². The maximum atomic E-state index is 11.3. The summed E-state index contributed by atoms with van der Waals surface area (Å²) >= 11 is 0. The lowest BCUT2D eigenvalue weighted by atomic mass is 9.78. The molecule has 0 aliphatic heterocycles. The molecule has 1 aliphatic carbocycles. The van der Waals surface area contributed by atoms with Crippen molar-refractivity contribution in [3.63, 3.8) is 0 Å². The number of nitrogens with zero attached hydrogens (tertiary/aromatic N) is 2. The van der Waals surface area contributed by atoms with Crippen molar-refractivity contribution < 1.29 is 9.90 Å². The molecular weight excluding hydrogens is 228 g/mol. The van der Waals surface area contributed by atoms with Crippen molar-refractivity contribution in [3.8, 4) is 0 Å². The van der Waals surface area contributed by atoms with Gasteiger partial charge in [-0.25, -0.2) is 0 Å². The second kappa shape index (κ2) is 7.10. The monoisotopic (exact) mass is 256 g/mol. The predicted octanol–water partition coefficient (Wildman–Crippen LogP) is 1.76. The predicted molar refractivity (Wildman–Crippen MR) is 73.7 cm³/mol. The van der Waals surface area contributed by atoms with Gasteiger partial charge < -0.3 is 14.9 Å². The van der Waals surface area contributed by atoms with E-state index in [1.807, 2.05) is 0 Å². The Kier molecular flexibility index (Phi) is 6.09. The minimum atomic E-state index is -0.619. The molecule has 0 radical (unpaired) electrons. The summed E-state index contributed by atoms with van der Waals surface area (Å²) in [7, 11) is 6.22. The average molecular weight is 256 g/mol. The van der Waals surface area contributed by atoms with Gasteiger partial charge in [0.1, 0.15) is 0 Å². The molecule has 0 bridgehead atoms. The van der Waals surface area contributed by atoms with Crippen LogP contribution < -0.4 is 0 Å². The lowest BCUT2D eigenvalue weighted by Gasteiger charge is -2.38. The molecule has 1 aliphatic rings. The number of hydrogen-bond donors (Lipinski definition) is 1. The molecule has 1 saturated carbocycles. The van der Waals surface area contributed by atoms with Crippen molar-refractivity contribution in [2.75, 3.05) is 34.2 Å². The maximum Gasteiger partial charge on any atom is 0.308 e. The van der Waals surface area contributed by atoms with Gasteiger partial charge in [-0.15, -0.1) is 0 Å². The summed E-state index contributed by atoms with van der Waals surface area (Å²) in [4.78, 5) is 15.8. The maximum absolute atomic E-state index is 11.3. The fourth-order valence-corrected chi connectivity index (χ4v) is 2.93. The smallest absolute Gasteiger partial charge is 0.308 e. The molecule has 106 valence electrons. The summed E-state index contributed by atoms with van der Waals surface area (Å²) in [5.74, 6) is -0.140. The highest BCUT2D eigenvalue weighted by atomic mass is 16.4. The molecule has 0 aromatic carbocycles. The van der Waals surface area contributed by atoms with Crippen LogP contribution in [0.15, 0.2) is 0 Å². The van der Waals surface area contributed by atoms with Gasteiger partial charge in [-0.05, 0) is 65.8 Å². The van der Waals surface area contributed by atoms with Gasteiger partial charge in [-0.3, -0.25) is 4.79 Å². The molecule has 0 spiro atoms. The van der Waals surface area contributed by atoms with E-state index >= 15 is 0 Å². The van der Waals surface area contributed by atoms with E-state index < -0.39 is 5.97 Å². The minimum Gasteiger partial charge on any atom is -0.481 e. The first kappa shape index (κ1) is 15.4. The highest BCUT2D eigenvalue weighted by Gasteiger charge is 2.35. The van der Waals surface area contributed by atoms with Crippen molar-refractivity contribution in [1.29, 1.82) is 0 Å². The molecule has 3 atom stereocenters. The van der Waals surface area contributed by atoms with E-state index in [2.05, 4.69) is 37.9 Å². The Morgan fingerprint density at radius 1 is 1.22 bits per heavy atom. The van der Waals surface area contributed by atoms with Gasteiger partial charge >= 0.3 is 5.97 Å². The van der Waals surface area contributed by atoms with Crippen LogP contribution in [0, 0.1) is 11.8 Å². The van der Waals surface area contributed by atoms with Gasteiger partial charge in [0.15, 0.2) is 0 Å². The Labute approximate surface area is 111 Å². The highest BCUT2D eigenvalue weighted by Crippen LogP contribution is 2.31. The zero-order valence-corrected chi connectivity index (χ0v) is 12.2. The Morgan fingerprint density at radius 2 is 1.89 bits per heavy atom. The molecule has 4 heteroatoms. The molecule has 1 fully saturated rings. The summed E-state index contributed by atoms with van der Waals surface area (Å²) in [6.45, 7) is 4.28. The number of carboxylic acids is 1. The molecule has 1 rings (SSSR count). The van der Waals surface area contributed by atoms with Crippen LogP contribution in [-0.2, 0) is 4.79 Å². The molecule has 3 unspecified atom stereocenters. The van der Waals surface area contributed by atoms with Gasteiger partial charge in [0, 0.05) is 6.04 Å². The Balaban J connectivity index is 2.50. The molecule has 0 aromatic heterocycles. The fraction of sp³-hybridized carbons (Fsp3) is 0.929. The third-order valence-electron chi connectivity index (χ3n) is 4.08. The zero-order valence-electron chi connectivity index (χ0n) is 12.2. The van der Waals surface area contributed by atoms with Crippen LogP contribution in [0.3, 0.4) is 0 Å². The van der Waals surface area contributed by atoms with Gasteiger partial charge in [0.25, 0.3) is 0 Å². The van der Waals surface area contributed by atoms with Crippen LogP contribution in [0.2, 0.25) is 0 Å². The first-order valence-electron chi connectivity index (χ1n) is 6.99. The number of aliphatic carboxylic acids is 1. The minimum absolute atomic E-state index is 0.175. The fourth-order valence-electron chi connectivity index (χ4n) is 2.93. The Hall–Kier alpha value is -0.610. The van der Waals surface area contributed by atoms with Gasteiger partial charge in [-0.1, -0.05) is 6.92 Å². The van der Waals surface area contributed by atoms with E-state index in [0.717, 1.165) is 38.8 Å². The Bertz CT molecular complexity index is 269. The second-order valence-corrected chi connectivity index (χ2v) is 6.07. The van der Waals surface area contributed by atoms with Gasteiger partial charge in [0.05, 0.1) is 5.92 Å². The first-order valence-corrected chi connectivity index (χ1v) is 6.99. The van der Waals surface area contributed by atoms with E-state index in [1.165, 1.54) is 0 Å². The van der Waals surface area contributed by atoms with Crippen LogP contribution in [0.5, 0.6) is 0 Å². The van der Waals surface area contributed by atoms with E-state index in [9.17, 15) is 9.90 Å². The third-order valence-corrected chi connectivity index (χ3v) is 4.08. The van der Waals surface area contributed by atoms with Crippen molar-refractivity contribution in [1.82, 2.24) is 9.80 Å². The first-order chi connectivity index (χ1) is 8.41. The lowest BCUT2D eigenvalue weighted by Crippen LogP contribution is -2.45. The highest BCUT2D eigenvalue weighted by molar-refractivity contribution is 5.71. The van der Waals surface area contributed by atoms with E-state index in [-0.39, 0.29) is 12.0 Å².